The fraction of sp³-hybridized carbons (Fsp3) is 0.667. The third-order valence-corrected chi connectivity index (χ3v) is 3.97. The van der Waals surface area contributed by atoms with E-state index >= 15 is 0 Å². The molecule has 1 aromatic rings. The van der Waals surface area contributed by atoms with E-state index in [4.69, 9.17) is 5.73 Å². The van der Waals surface area contributed by atoms with Gasteiger partial charge in [-0.15, -0.1) is 11.3 Å². The molecule has 2 heterocycles. The summed E-state index contributed by atoms with van der Waals surface area (Å²) in [6.07, 6.45) is 4.20. The molecule has 0 aliphatic carbocycles. The van der Waals surface area contributed by atoms with Crippen LogP contribution in [0.3, 0.4) is 0 Å². The molecule has 2 rings (SSSR count). The summed E-state index contributed by atoms with van der Waals surface area (Å²) >= 11 is 1.66. The molecule has 0 unspecified atom stereocenters. The fourth-order valence-electron chi connectivity index (χ4n) is 2.14. The van der Waals surface area contributed by atoms with Crippen molar-refractivity contribution in [2.45, 2.75) is 19.3 Å². The van der Waals surface area contributed by atoms with Crippen molar-refractivity contribution in [3.63, 3.8) is 0 Å². The third kappa shape index (κ3) is 3.43. The van der Waals surface area contributed by atoms with E-state index in [1.807, 2.05) is 16.5 Å². The van der Waals surface area contributed by atoms with E-state index in [2.05, 4.69) is 9.88 Å². The maximum atomic E-state index is 11.9. The van der Waals surface area contributed by atoms with Crippen LogP contribution in [0, 0.1) is 0 Å². The van der Waals surface area contributed by atoms with Crippen molar-refractivity contribution in [3.05, 3.63) is 11.6 Å². The van der Waals surface area contributed by atoms with Gasteiger partial charge in [-0.1, -0.05) is 0 Å². The molecule has 0 spiro atoms. The second-order valence-corrected chi connectivity index (χ2v) is 5.30. The van der Waals surface area contributed by atoms with Crippen LogP contribution < -0.4 is 10.6 Å². The van der Waals surface area contributed by atoms with Crippen LogP contribution in [0.25, 0.3) is 0 Å². The van der Waals surface area contributed by atoms with Crippen LogP contribution in [0.4, 0.5) is 5.13 Å². The number of hydrogen-bond acceptors (Lipinski definition) is 5. The molecule has 1 aliphatic rings. The summed E-state index contributed by atoms with van der Waals surface area (Å²) in [6, 6.07) is 0. The first-order chi connectivity index (χ1) is 8.81. The molecule has 2 N–H and O–H groups in total. The summed E-state index contributed by atoms with van der Waals surface area (Å²) in [5, 5.41) is 3.05. The number of anilines is 1. The summed E-state index contributed by atoms with van der Waals surface area (Å²) < 4.78 is 0. The number of carbonyl (C=O) groups is 1. The lowest BCUT2D eigenvalue weighted by Gasteiger charge is -2.21. The van der Waals surface area contributed by atoms with Gasteiger partial charge in [0.05, 0.1) is 0 Å². The highest BCUT2D eigenvalue weighted by Gasteiger charge is 2.19. The first-order valence-corrected chi connectivity index (χ1v) is 7.31. The zero-order chi connectivity index (χ0) is 12.8. The van der Waals surface area contributed by atoms with Gasteiger partial charge in [0.25, 0.3) is 0 Å². The van der Waals surface area contributed by atoms with E-state index in [0.717, 1.165) is 44.2 Å². The standard InChI is InChI=1S/C12H20N4OS/c13-4-1-3-11(17)15-6-2-7-16(9-8-15)12-14-5-10-18-12/h5,10H,1-4,6-9,13H2. The average Bonchev–Trinajstić information content (AvgIpc) is 2.80. The monoisotopic (exact) mass is 268 g/mol. The topological polar surface area (TPSA) is 62.5 Å². The minimum Gasteiger partial charge on any atom is -0.346 e. The van der Waals surface area contributed by atoms with Crippen LogP contribution in [0.5, 0.6) is 0 Å². The Morgan fingerprint density at radius 2 is 2.28 bits per heavy atom. The number of nitrogens with two attached hydrogens (primary N) is 1. The summed E-state index contributed by atoms with van der Waals surface area (Å²) in [5.74, 6) is 0.237. The van der Waals surface area contributed by atoms with Gasteiger partial charge in [0.2, 0.25) is 5.91 Å². The second-order valence-electron chi connectivity index (χ2n) is 4.43. The maximum absolute atomic E-state index is 11.9. The average molecular weight is 268 g/mol. The van der Waals surface area contributed by atoms with Gasteiger partial charge < -0.3 is 15.5 Å². The predicted molar refractivity (Wildman–Crippen MR) is 73.8 cm³/mol. The first-order valence-electron chi connectivity index (χ1n) is 6.43. The van der Waals surface area contributed by atoms with E-state index < -0.39 is 0 Å². The largest absolute Gasteiger partial charge is 0.346 e. The molecule has 0 radical (unpaired) electrons. The molecule has 100 valence electrons. The minimum atomic E-state index is 0.237. The van der Waals surface area contributed by atoms with Crippen LogP contribution in [-0.4, -0.2) is 48.5 Å². The Bertz CT molecular complexity index is 368. The molecule has 0 saturated carbocycles. The van der Waals surface area contributed by atoms with Crippen molar-refractivity contribution in [2.24, 2.45) is 5.73 Å². The molecule has 5 nitrogen and oxygen atoms in total. The Balaban J connectivity index is 1.86. The number of thiazole rings is 1. The third-order valence-electron chi connectivity index (χ3n) is 3.13. The van der Waals surface area contributed by atoms with Crippen molar-refractivity contribution in [1.82, 2.24) is 9.88 Å². The highest BCUT2D eigenvalue weighted by Crippen LogP contribution is 2.19. The van der Waals surface area contributed by atoms with Gasteiger partial charge >= 0.3 is 0 Å². The summed E-state index contributed by atoms with van der Waals surface area (Å²) in [7, 11) is 0. The molecule has 1 amide bonds. The van der Waals surface area contributed by atoms with Crippen LogP contribution >= 0.6 is 11.3 Å². The van der Waals surface area contributed by atoms with E-state index in [1.54, 1.807) is 11.3 Å². The minimum absolute atomic E-state index is 0.237. The zero-order valence-electron chi connectivity index (χ0n) is 10.5. The van der Waals surface area contributed by atoms with Gasteiger partial charge in [-0.3, -0.25) is 4.79 Å². The second kappa shape index (κ2) is 6.70. The Morgan fingerprint density at radius 1 is 1.39 bits per heavy atom. The number of hydrogen-bond donors (Lipinski definition) is 1. The van der Waals surface area contributed by atoms with Gasteiger partial charge in [-0.25, -0.2) is 4.98 Å². The Morgan fingerprint density at radius 3 is 3.00 bits per heavy atom. The van der Waals surface area contributed by atoms with Gasteiger partial charge in [0.1, 0.15) is 0 Å². The first kappa shape index (κ1) is 13.3. The van der Waals surface area contributed by atoms with Crippen molar-refractivity contribution < 1.29 is 4.79 Å². The normalized spacial score (nSPS) is 16.7. The van der Waals surface area contributed by atoms with Crippen molar-refractivity contribution >= 4 is 22.4 Å². The number of nitrogens with zero attached hydrogens (tertiary/aromatic N) is 3. The van der Waals surface area contributed by atoms with Crippen LogP contribution in [-0.2, 0) is 4.79 Å². The lowest BCUT2D eigenvalue weighted by atomic mass is 10.2. The molecule has 1 saturated heterocycles. The molecule has 1 aliphatic heterocycles. The molecule has 1 aromatic heterocycles. The van der Waals surface area contributed by atoms with E-state index in [0.29, 0.717) is 13.0 Å². The van der Waals surface area contributed by atoms with Gasteiger partial charge in [0.15, 0.2) is 5.13 Å². The number of rotatable bonds is 4. The van der Waals surface area contributed by atoms with E-state index in [9.17, 15) is 4.79 Å². The van der Waals surface area contributed by atoms with Gasteiger partial charge in [-0.2, -0.15) is 0 Å². The lowest BCUT2D eigenvalue weighted by Crippen LogP contribution is -2.35. The lowest BCUT2D eigenvalue weighted by molar-refractivity contribution is -0.131. The van der Waals surface area contributed by atoms with Crippen LogP contribution in [0.2, 0.25) is 0 Å². The molecule has 0 aromatic carbocycles. The molecule has 0 bridgehead atoms. The highest BCUT2D eigenvalue weighted by molar-refractivity contribution is 7.13. The van der Waals surface area contributed by atoms with Crippen LogP contribution in [0.1, 0.15) is 19.3 Å². The predicted octanol–water partition coefficient (Wildman–Crippen LogP) is 0.921. The molecular weight excluding hydrogens is 248 g/mol. The zero-order valence-corrected chi connectivity index (χ0v) is 11.4. The maximum Gasteiger partial charge on any atom is 0.222 e. The molecule has 0 atom stereocenters. The van der Waals surface area contributed by atoms with E-state index in [-0.39, 0.29) is 5.91 Å². The van der Waals surface area contributed by atoms with Gasteiger partial charge in [-0.05, 0) is 19.4 Å². The number of carbonyl (C=O) groups excluding carboxylic acids is 1. The highest BCUT2D eigenvalue weighted by atomic mass is 32.1. The number of amides is 1. The summed E-state index contributed by atoms with van der Waals surface area (Å²) in [4.78, 5) is 20.5. The van der Waals surface area contributed by atoms with E-state index in [1.165, 1.54) is 0 Å². The quantitative estimate of drug-likeness (QED) is 0.882. The van der Waals surface area contributed by atoms with Crippen LogP contribution in [0.15, 0.2) is 11.6 Å². The Labute approximate surface area is 112 Å². The van der Waals surface area contributed by atoms with Crippen molar-refractivity contribution in [2.75, 3.05) is 37.6 Å². The Kier molecular flexibility index (Phi) is 4.95. The number of aromatic nitrogens is 1. The SMILES string of the molecule is NCCCC(=O)N1CCCN(c2nccs2)CC1. The smallest absolute Gasteiger partial charge is 0.222 e. The molecule has 18 heavy (non-hydrogen) atoms. The van der Waals surface area contributed by atoms with Crippen molar-refractivity contribution in [1.29, 1.82) is 0 Å². The molecular formula is C12H20N4OS. The fourth-order valence-corrected chi connectivity index (χ4v) is 2.84. The van der Waals surface area contributed by atoms with Crippen molar-refractivity contribution in [3.8, 4) is 0 Å². The molecule has 6 heteroatoms. The molecule has 1 fully saturated rings. The summed E-state index contributed by atoms with van der Waals surface area (Å²) in [5.41, 5.74) is 5.44. The van der Waals surface area contributed by atoms with Gasteiger partial charge in [0, 0.05) is 44.2 Å². The Hall–Kier alpha value is -1.14. The summed E-state index contributed by atoms with van der Waals surface area (Å²) in [6.45, 7) is 4.09.